The fourth-order valence-electron chi connectivity index (χ4n) is 2.74. The number of hydrogen-bond acceptors (Lipinski definition) is 4. The number of hydrogen-bond donors (Lipinski definition) is 3. The van der Waals surface area contributed by atoms with Crippen molar-refractivity contribution in [3.05, 3.63) is 68.7 Å². The molecular formula is C18H10Cl3F6N3O2. The summed E-state index contributed by atoms with van der Waals surface area (Å²) in [5.74, 6) is -2.30. The van der Waals surface area contributed by atoms with E-state index < -0.39 is 29.4 Å². The summed E-state index contributed by atoms with van der Waals surface area (Å²) in [6.45, 7) is 0. The smallest absolute Gasteiger partial charge is 0.297 e. The fraction of sp³-hybridized carbons (Fsp3) is 0.167. The molecule has 0 fully saturated rings. The summed E-state index contributed by atoms with van der Waals surface area (Å²) in [6.07, 6.45) is -9.40. The van der Waals surface area contributed by atoms with Gasteiger partial charge in [0.25, 0.3) is 0 Å². The maximum atomic E-state index is 14.0. The van der Waals surface area contributed by atoms with E-state index in [1.54, 1.807) is 0 Å². The van der Waals surface area contributed by atoms with E-state index in [1.807, 2.05) is 5.43 Å². The molecule has 1 unspecified atom stereocenters. The van der Waals surface area contributed by atoms with E-state index in [2.05, 4.69) is 5.48 Å². The van der Waals surface area contributed by atoms with E-state index in [4.69, 9.17) is 39.6 Å². The Morgan fingerprint density at radius 1 is 0.969 bits per heavy atom. The molecule has 1 heterocycles. The summed E-state index contributed by atoms with van der Waals surface area (Å²) in [5.41, 5.74) is 1.83. The highest BCUT2D eigenvalue weighted by Gasteiger charge is 2.59. The zero-order valence-electron chi connectivity index (χ0n) is 15.3. The minimum absolute atomic E-state index is 0.0532. The topological polar surface area (TPSA) is 62.4 Å². The Kier molecular flexibility index (Phi) is 6.49. The molecule has 14 heteroatoms. The van der Waals surface area contributed by atoms with Crippen molar-refractivity contribution >= 4 is 52.1 Å². The number of carbonyl (C=O) groups excluding carboxylic acids is 1. The number of halogens is 9. The van der Waals surface area contributed by atoms with Crippen LogP contribution in [0.2, 0.25) is 15.1 Å². The Morgan fingerprint density at radius 3 is 2.16 bits per heavy atom. The number of nitrogens with one attached hydrogen (secondary N) is 3. The summed E-state index contributed by atoms with van der Waals surface area (Å²) in [4.78, 5) is 15.9. The summed E-state index contributed by atoms with van der Waals surface area (Å²) < 4.78 is 79.1. The van der Waals surface area contributed by atoms with Crippen LogP contribution in [0, 0.1) is 0 Å². The predicted octanol–water partition coefficient (Wildman–Crippen LogP) is 5.99. The molecule has 32 heavy (non-hydrogen) atoms. The maximum Gasteiger partial charge on any atom is 0.472 e. The molecule has 0 aliphatic carbocycles. The standard InChI is InChI=1S/C18H10Cl3F6N3O2/c19-10-4-9(5-11(20)6-10)16(18(25,26)27)7-14(30-32-16)8-1-2-12(21)13(3-8)28-29-15(31)17(22,23)24/h1-7,28,30H,(H,29,31). The Hall–Kier alpha value is -2.34. The van der Waals surface area contributed by atoms with Gasteiger partial charge in [-0.2, -0.15) is 26.3 Å². The van der Waals surface area contributed by atoms with E-state index in [9.17, 15) is 31.1 Å². The summed E-state index contributed by atoms with van der Waals surface area (Å²) in [6, 6.07) is 6.91. The van der Waals surface area contributed by atoms with Crippen LogP contribution in [0.25, 0.3) is 5.70 Å². The van der Waals surface area contributed by atoms with E-state index in [1.165, 1.54) is 23.6 Å². The normalized spacial score (nSPS) is 18.7. The van der Waals surface area contributed by atoms with Crippen molar-refractivity contribution in [3.63, 3.8) is 0 Å². The van der Waals surface area contributed by atoms with Crippen molar-refractivity contribution in [3.8, 4) is 0 Å². The number of amides is 1. The highest BCUT2D eigenvalue weighted by Crippen LogP contribution is 2.48. The molecule has 2 aromatic carbocycles. The molecule has 0 spiro atoms. The molecule has 1 aliphatic heterocycles. The lowest BCUT2D eigenvalue weighted by Crippen LogP contribution is -2.42. The van der Waals surface area contributed by atoms with Gasteiger partial charge in [-0.15, -0.1) is 0 Å². The minimum atomic E-state index is -5.16. The molecule has 0 saturated carbocycles. The number of alkyl halides is 6. The van der Waals surface area contributed by atoms with Gasteiger partial charge in [-0.1, -0.05) is 40.9 Å². The zero-order chi connectivity index (χ0) is 23.9. The SMILES string of the molecule is O=C(NNc1cc(C2=CC(c3cc(Cl)cc(Cl)c3)(C(F)(F)F)ON2)ccc1Cl)C(F)(F)F. The Morgan fingerprint density at radius 2 is 1.59 bits per heavy atom. The first-order chi connectivity index (χ1) is 14.7. The number of anilines is 1. The van der Waals surface area contributed by atoms with Gasteiger partial charge in [0.05, 0.1) is 16.4 Å². The first-order valence-electron chi connectivity index (χ1n) is 8.36. The van der Waals surface area contributed by atoms with E-state index in [-0.39, 0.29) is 32.0 Å². The fourth-order valence-corrected chi connectivity index (χ4v) is 3.43. The third-order valence-corrected chi connectivity index (χ3v) is 4.99. The van der Waals surface area contributed by atoms with Gasteiger partial charge in [-0.3, -0.25) is 26.0 Å². The average molecular weight is 521 g/mol. The number of benzene rings is 2. The monoisotopic (exact) mass is 519 g/mol. The van der Waals surface area contributed by atoms with Crippen molar-refractivity contribution < 1.29 is 36.0 Å². The molecule has 1 aliphatic rings. The van der Waals surface area contributed by atoms with Gasteiger partial charge >= 0.3 is 18.3 Å². The second-order valence-electron chi connectivity index (χ2n) is 6.43. The van der Waals surface area contributed by atoms with Crippen molar-refractivity contribution in [2.24, 2.45) is 0 Å². The second-order valence-corrected chi connectivity index (χ2v) is 7.71. The molecule has 0 aromatic heterocycles. The lowest BCUT2D eigenvalue weighted by molar-refractivity contribution is -0.269. The molecular weight excluding hydrogens is 511 g/mol. The van der Waals surface area contributed by atoms with Gasteiger partial charge < -0.3 is 0 Å². The third-order valence-electron chi connectivity index (χ3n) is 4.23. The van der Waals surface area contributed by atoms with Gasteiger partial charge in [-0.25, -0.2) is 0 Å². The molecule has 172 valence electrons. The second kappa shape index (κ2) is 8.54. The molecule has 0 radical (unpaired) electrons. The largest absolute Gasteiger partial charge is 0.472 e. The number of hydrazine groups is 1. The van der Waals surface area contributed by atoms with Gasteiger partial charge in [0.1, 0.15) is 0 Å². The van der Waals surface area contributed by atoms with Crippen LogP contribution in [0.15, 0.2) is 42.5 Å². The molecule has 1 atom stereocenters. The van der Waals surface area contributed by atoms with Crippen LogP contribution in [-0.2, 0) is 15.2 Å². The zero-order valence-corrected chi connectivity index (χ0v) is 17.5. The van der Waals surface area contributed by atoms with Gasteiger partial charge in [0.15, 0.2) is 0 Å². The average Bonchev–Trinajstić information content (AvgIpc) is 3.12. The number of carbonyl (C=O) groups is 1. The Balaban J connectivity index is 1.99. The maximum absolute atomic E-state index is 14.0. The van der Waals surface area contributed by atoms with Crippen LogP contribution >= 0.6 is 34.8 Å². The minimum Gasteiger partial charge on any atom is -0.297 e. The molecule has 0 bridgehead atoms. The van der Waals surface area contributed by atoms with Gasteiger partial charge in [0, 0.05) is 21.2 Å². The van der Waals surface area contributed by atoms with E-state index in [0.29, 0.717) is 0 Å². The lowest BCUT2D eigenvalue weighted by atomic mass is 9.91. The number of rotatable bonds is 4. The molecule has 2 aromatic rings. The number of hydroxylamine groups is 1. The van der Waals surface area contributed by atoms with Crippen LogP contribution in [0.1, 0.15) is 11.1 Å². The van der Waals surface area contributed by atoms with E-state index >= 15 is 0 Å². The third kappa shape index (κ3) is 4.85. The highest BCUT2D eigenvalue weighted by molar-refractivity contribution is 6.34. The van der Waals surface area contributed by atoms with Crippen molar-refractivity contribution in [2.45, 2.75) is 18.0 Å². The molecule has 3 rings (SSSR count). The molecule has 0 saturated heterocycles. The van der Waals surface area contributed by atoms with Gasteiger partial charge in [0.2, 0.25) is 5.60 Å². The van der Waals surface area contributed by atoms with E-state index in [0.717, 1.165) is 24.3 Å². The van der Waals surface area contributed by atoms with Crippen molar-refractivity contribution in [1.29, 1.82) is 0 Å². The van der Waals surface area contributed by atoms with Crippen LogP contribution in [-0.4, -0.2) is 18.3 Å². The predicted molar refractivity (Wildman–Crippen MR) is 106 cm³/mol. The van der Waals surface area contributed by atoms with Crippen molar-refractivity contribution in [1.82, 2.24) is 10.9 Å². The summed E-state index contributed by atoms with van der Waals surface area (Å²) in [7, 11) is 0. The first kappa shape index (κ1) is 24.3. The molecule has 3 N–H and O–H groups in total. The van der Waals surface area contributed by atoms with Crippen LogP contribution in [0.4, 0.5) is 32.0 Å². The van der Waals surface area contributed by atoms with Crippen molar-refractivity contribution in [2.75, 3.05) is 5.43 Å². The van der Waals surface area contributed by atoms with Crippen LogP contribution < -0.4 is 16.3 Å². The summed E-state index contributed by atoms with van der Waals surface area (Å²) in [5, 5.41) is -0.223. The molecule has 1 amide bonds. The van der Waals surface area contributed by atoms with Crippen LogP contribution in [0.5, 0.6) is 0 Å². The van der Waals surface area contributed by atoms with Gasteiger partial charge in [-0.05, 0) is 36.4 Å². The first-order valence-corrected chi connectivity index (χ1v) is 9.49. The lowest BCUT2D eigenvalue weighted by Gasteiger charge is -2.28. The highest BCUT2D eigenvalue weighted by atomic mass is 35.5. The molecule has 5 nitrogen and oxygen atoms in total. The Labute approximate surface area is 191 Å². The van der Waals surface area contributed by atoms with Crippen LogP contribution in [0.3, 0.4) is 0 Å². The quantitative estimate of drug-likeness (QED) is 0.343. The Bertz CT molecular complexity index is 1070. The summed E-state index contributed by atoms with van der Waals surface area (Å²) >= 11 is 17.6.